The van der Waals surface area contributed by atoms with E-state index in [9.17, 15) is 9.59 Å². The smallest absolute Gasteiger partial charge is 0.239 e. The molecule has 4 N–H and O–H groups in total. The number of amides is 2. The summed E-state index contributed by atoms with van der Waals surface area (Å²) in [6, 6.07) is 11.2. The molecule has 1 aromatic rings. The van der Waals surface area contributed by atoms with Crippen LogP contribution in [0.3, 0.4) is 0 Å². The van der Waals surface area contributed by atoms with Gasteiger partial charge in [-0.25, -0.2) is 0 Å². The summed E-state index contributed by atoms with van der Waals surface area (Å²) in [6.45, 7) is 19.9. The summed E-state index contributed by atoms with van der Waals surface area (Å²) in [5.41, 5.74) is 9.12. The Morgan fingerprint density at radius 1 is 1.04 bits per heavy atom. The molecule has 2 aliphatic rings. The lowest BCUT2D eigenvalue weighted by atomic mass is 9.81. The minimum atomic E-state index is -0.488. The molecule has 0 bridgehead atoms. The molecule has 1 aliphatic heterocycles. The molecule has 2 fully saturated rings. The van der Waals surface area contributed by atoms with Crippen LogP contribution in [0, 0.1) is 29.6 Å². The van der Waals surface area contributed by atoms with Crippen molar-refractivity contribution in [1.82, 2.24) is 20.4 Å². The van der Waals surface area contributed by atoms with Crippen molar-refractivity contribution in [3.63, 3.8) is 0 Å². The molecular formula is C38H66N5O2P. The zero-order valence-corrected chi connectivity index (χ0v) is 31.4. The van der Waals surface area contributed by atoms with Crippen molar-refractivity contribution < 1.29 is 9.59 Å². The number of hydrogen-bond acceptors (Lipinski definition) is 5. The number of fused-ring (bicyclic) bond motifs is 1. The Balaban J connectivity index is 1.72. The third-order valence-electron chi connectivity index (χ3n) is 11.1. The van der Waals surface area contributed by atoms with Crippen molar-refractivity contribution in [3.05, 3.63) is 48.2 Å². The van der Waals surface area contributed by atoms with Crippen LogP contribution in [0.4, 0.5) is 0 Å². The first-order valence-corrected chi connectivity index (χ1v) is 19.4. The van der Waals surface area contributed by atoms with Crippen LogP contribution in [0.25, 0.3) is 0 Å². The average Bonchev–Trinajstić information content (AvgIpc) is 3.71. The van der Waals surface area contributed by atoms with Gasteiger partial charge in [-0.15, -0.1) is 0 Å². The van der Waals surface area contributed by atoms with Crippen molar-refractivity contribution >= 4 is 20.4 Å². The van der Waals surface area contributed by atoms with Gasteiger partial charge in [0.15, 0.2) is 0 Å². The number of carbonyl (C=O) groups is 2. The molecule has 0 aromatic heterocycles. The number of benzene rings is 1. The van der Waals surface area contributed by atoms with Gasteiger partial charge in [0, 0.05) is 55.3 Å². The standard InChI is InChI=1S/C38H66N5O2P/c1-11-25(6)36(42(10)38(45)35(39)24(4)5)29(13-3)19-26(7)43-32(20-31-21-33(31)43)28(12-2)22-34(44)41-27(8)37(46-23-40-9)30-17-15-14-16-18-30/h14-18,24-25,27-29,31-33,35-37,40,46H,7,11-13,19-23,39H2,1-6,8-10H3,(H,41,44)/t25?,27-,28?,29?,31?,32?,33?,35+,36?,37?/m1/s1. The molecule has 1 saturated heterocycles. The first-order valence-electron chi connectivity index (χ1n) is 18.1. The first kappa shape index (κ1) is 38.5. The van der Waals surface area contributed by atoms with Gasteiger partial charge in [-0.1, -0.05) is 106 Å². The van der Waals surface area contributed by atoms with Crippen LogP contribution in [-0.4, -0.2) is 72.2 Å². The number of nitrogens with two attached hydrogens (primary N) is 1. The maximum absolute atomic E-state index is 13.6. The number of rotatable bonds is 20. The normalized spacial score (nSPS) is 23.8. The minimum Gasteiger partial charge on any atom is -0.369 e. The molecule has 7 nitrogen and oxygen atoms in total. The summed E-state index contributed by atoms with van der Waals surface area (Å²) in [4.78, 5) is 31.6. The van der Waals surface area contributed by atoms with E-state index < -0.39 is 6.04 Å². The zero-order valence-electron chi connectivity index (χ0n) is 30.4. The molecule has 9 unspecified atom stereocenters. The Morgan fingerprint density at radius 3 is 2.28 bits per heavy atom. The topological polar surface area (TPSA) is 90.7 Å². The van der Waals surface area contributed by atoms with Gasteiger partial charge in [0.25, 0.3) is 0 Å². The fourth-order valence-electron chi connectivity index (χ4n) is 8.01. The molecule has 0 spiro atoms. The van der Waals surface area contributed by atoms with E-state index in [1.54, 1.807) is 0 Å². The second-order valence-electron chi connectivity index (χ2n) is 14.7. The number of carbonyl (C=O) groups excluding carboxylic acids is 2. The van der Waals surface area contributed by atoms with Crippen molar-refractivity contribution in [2.45, 2.75) is 129 Å². The first-order chi connectivity index (χ1) is 21.9. The summed E-state index contributed by atoms with van der Waals surface area (Å²) in [5, 5.41) is 6.70. The van der Waals surface area contributed by atoms with Crippen LogP contribution in [-0.2, 0) is 9.59 Å². The monoisotopic (exact) mass is 655 g/mol. The van der Waals surface area contributed by atoms with Crippen LogP contribution in [0.5, 0.6) is 0 Å². The quantitative estimate of drug-likeness (QED) is 0.135. The highest BCUT2D eigenvalue weighted by Crippen LogP contribution is 2.53. The molecule has 1 aromatic carbocycles. The Bertz CT molecular complexity index is 1120. The largest absolute Gasteiger partial charge is 0.369 e. The van der Waals surface area contributed by atoms with E-state index in [-0.39, 0.29) is 41.4 Å². The van der Waals surface area contributed by atoms with E-state index in [1.807, 2.05) is 32.8 Å². The number of nitrogens with one attached hydrogen (secondary N) is 2. The molecule has 1 saturated carbocycles. The van der Waals surface area contributed by atoms with Gasteiger partial charge in [-0.2, -0.15) is 0 Å². The maximum atomic E-state index is 13.6. The lowest BCUT2D eigenvalue weighted by Gasteiger charge is -2.42. The Hall–Kier alpha value is -1.95. The maximum Gasteiger partial charge on any atom is 0.239 e. The van der Waals surface area contributed by atoms with Crippen LogP contribution < -0.4 is 16.4 Å². The van der Waals surface area contributed by atoms with E-state index in [0.29, 0.717) is 44.8 Å². The number of allylic oxidation sites excluding steroid dienone is 1. The van der Waals surface area contributed by atoms with Gasteiger partial charge < -0.3 is 26.2 Å². The minimum absolute atomic E-state index is 0.0398. The molecule has 1 aliphatic carbocycles. The van der Waals surface area contributed by atoms with Gasteiger partial charge in [-0.05, 0) is 68.4 Å². The summed E-state index contributed by atoms with van der Waals surface area (Å²) < 4.78 is 0. The highest BCUT2D eigenvalue weighted by atomic mass is 31.1. The zero-order chi connectivity index (χ0) is 34.1. The number of hydrogen-bond donors (Lipinski definition) is 3. The summed E-state index contributed by atoms with van der Waals surface area (Å²) in [6.07, 6.45) is 7.67. The third-order valence-corrected chi connectivity index (χ3v) is 12.9. The molecule has 0 radical (unpaired) electrons. The lowest BCUT2D eigenvalue weighted by Crippen LogP contribution is -2.53. The van der Waals surface area contributed by atoms with Crippen LogP contribution >= 0.6 is 8.58 Å². The summed E-state index contributed by atoms with van der Waals surface area (Å²) in [5.74, 6) is 1.95. The van der Waals surface area contributed by atoms with Gasteiger partial charge in [0.05, 0.1) is 6.04 Å². The Morgan fingerprint density at radius 2 is 1.72 bits per heavy atom. The number of piperidine rings is 1. The average molecular weight is 656 g/mol. The van der Waals surface area contributed by atoms with Crippen LogP contribution in [0.15, 0.2) is 42.6 Å². The van der Waals surface area contributed by atoms with E-state index in [2.05, 4.69) is 80.5 Å². The van der Waals surface area contributed by atoms with E-state index in [1.165, 1.54) is 17.7 Å². The Kier molecular flexibility index (Phi) is 15.1. The van der Waals surface area contributed by atoms with Gasteiger partial charge in [0.1, 0.15) is 0 Å². The summed E-state index contributed by atoms with van der Waals surface area (Å²) in [7, 11) is 4.63. The summed E-state index contributed by atoms with van der Waals surface area (Å²) >= 11 is 0. The van der Waals surface area contributed by atoms with Gasteiger partial charge >= 0.3 is 0 Å². The van der Waals surface area contributed by atoms with Crippen LogP contribution in [0.2, 0.25) is 0 Å². The predicted octanol–water partition coefficient (Wildman–Crippen LogP) is 6.75. The second kappa shape index (κ2) is 18.0. The van der Waals surface area contributed by atoms with Gasteiger partial charge in [0.2, 0.25) is 11.8 Å². The lowest BCUT2D eigenvalue weighted by molar-refractivity contribution is -0.136. The SMILES string of the molecule is C=C(CC(CC)C(C(C)CC)N(C)C(=O)[C@@H](N)C(C)C)N1C(C(CC)CC(=O)N[C@H](C)C(PCNC)c2ccccc2)CC2CC21. The van der Waals surface area contributed by atoms with Gasteiger partial charge in [-0.3, -0.25) is 9.59 Å². The van der Waals surface area contributed by atoms with Crippen LogP contribution in [0.1, 0.15) is 105 Å². The van der Waals surface area contributed by atoms with E-state index in [0.717, 1.165) is 38.4 Å². The van der Waals surface area contributed by atoms with Crippen molar-refractivity contribution in [3.8, 4) is 0 Å². The number of likely N-dealkylation sites (N-methyl/N-ethyl adjacent to an activating group) is 1. The van der Waals surface area contributed by atoms with E-state index in [4.69, 9.17) is 12.3 Å². The van der Waals surface area contributed by atoms with E-state index >= 15 is 0 Å². The Labute approximate surface area is 283 Å². The molecule has 260 valence electrons. The molecule has 11 atom stereocenters. The molecule has 1 heterocycles. The second-order valence-corrected chi connectivity index (χ2v) is 16.0. The molecule has 46 heavy (non-hydrogen) atoms. The number of likely N-dealkylation sites (tertiary alicyclic amines) is 1. The molecule has 2 amide bonds. The number of nitrogens with zero attached hydrogens (tertiary/aromatic N) is 2. The highest BCUT2D eigenvalue weighted by Gasteiger charge is 2.54. The molecule has 3 rings (SSSR count). The fourth-order valence-corrected chi connectivity index (χ4v) is 9.30. The molecule has 8 heteroatoms. The molecular weight excluding hydrogens is 589 g/mol. The van der Waals surface area contributed by atoms with Crippen molar-refractivity contribution in [2.24, 2.45) is 35.3 Å². The van der Waals surface area contributed by atoms with Crippen molar-refractivity contribution in [2.75, 3.05) is 20.4 Å². The third kappa shape index (κ3) is 9.57. The van der Waals surface area contributed by atoms with Crippen molar-refractivity contribution in [1.29, 1.82) is 0 Å². The fraction of sp³-hybridized carbons (Fsp3) is 0.737. The predicted molar refractivity (Wildman–Crippen MR) is 196 cm³/mol. The highest BCUT2D eigenvalue weighted by molar-refractivity contribution is 7.38.